The topological polar surface area (TPSA) is 41.1 Å². The molecule has 4 nitrogen and oxygen atoms in total. The minimum atomic E-state index is -0.304. The van der Waals surface area contributed by atoms with E-state index < -0.39 is 0 Å². The fourth-order valence-corrected chi connectivity index (χ4v) is 1.54. The lowest BCUT2D eigenvalue weighted by Crippen LogP contribution is -2.33. The second kappa shape index (κ2) is 6.49. The molecule has 1 N–H and O–H groups in total. The van der Waals surface area contributed by atoms with Crippen molar-refractivity contribution in [3.05, 3.63) is 17.8 Å². The highest BCUT2D eigenvalue weighted by molar-refractivity contribution is 5.39. The van der Waals surface area contributed by atoms with Crippen LogP contribution in [-0.4, -0.2) is 36.1 Å². The number of aryl methyl sites for hydroxylation is 1. The number of aromatic nitrogens is 2. The maximum atomic E-state index is 13.9. The van der Waals surface area contributed by atoms with Crippen LogP contribution in [0.4, 0.5) is 10.2 Å². The van der Waals surface area contributed by atoms with Crippen LogP contribution in [0.1, 0.15) is 26.5 Å². The van der Waals surface area contributed by atoms with E-state index in [9.17, 15) is 4.39 Å². The molecule has 0 aromatic carbocycles. The zero-order valence-electron chi connectivity index (χ0n) is 11.0. The van der Waals surface area contributed by atoms with E-state index in [4.69, 9.17) is 0 Å². The zero-order chi connectivity index (χ0) is 12.8. The predicted molar refractivity (Wildman–Crippen MR) is 67.8 cm³/mol. The largest absolute Gasteiger partial charge is 0.356 e. The number of nitrogens with zero attached hydrogens (tertiary/aromatic N) is 3. The molecule has 5 heteroatoms. The second-order valence-electron chi connectivity index (χ2n) is 4.34. The quantitative estimate of drug-likeness (QED) is 0.820. The summed E-state index contributed by atoms with van der Waals surface area (Å²) < 4.78 is 13.9. The number of nitrogens with one attached hydrogen (secondary N) is 1. The lowest BCUT2D eigenvalue weighted by Gasteiger charge is -2.20. The molecule has 1 aromatic rings. The highest BCUT2D eigenvalue weighted by atomic mass is 19.1. The van der Waals surface area contributed by atoms with Crippen LogP contribution in [0.15, 0.2) is 6.33 Å². The van der Waals surface area contributed by atoms with Gasteiger partial charge < -0.3 is 10.2 Å². The average Bonchev–Trinajstić information content (AvgIpc) is 2.28. The number of hydrogen-bond acceptors (Lipinski definition) is 4. The Hall–Kier alpha value is -1.23. The smallest absolute Gasteiger partial charge is 0.187 e. The Labute approximate surface area is 102 Å². The fourth-order valence-electron chi connectivity index (χ4n) is 1.54. The predicted octanol–water partition coefficient (Wildman–Crippen LogP) is 1.61. The standard InChI is InChI=1S/C12H21FN4/c1-5-10-11(13)12(16-8-15-10)17(4)7-6-14-9(2)3/h8-9,14H,5-7H2,1-4H3. The van der Waals surface area contributed by atoms with Gasteiger partial charge in [0.15, 0.2) is 11.6 Å². The van der Waals surface area contributed by atoms with Crippen LogP contribution in [0.25, 0.3) is 0 Å². The van der Waals surface area contributed by atoms with Crippen molar-refractivity contribution >= 4 is 5.82 Å². The third-order valence-electron chi connectivity index (χ3n) is 2.54. The van der Waals surface area contributed by atoms with Crippen molar-refractivity contribution in [2.24, 2.45) is 0 Å². The molecule has 0 fully saturated rings. The number of halogens is 1. The molecule has 0 spiro atoms. The van der Waals surface area contributed by atoms with Crippen molar-refractivity contribution in [1.82, 2.24) is 15.3 Å². The van der Waals surface area contributed by atoms with E-state index in [1.165, 1.54) is 6.33 Å². The van der Waals surface area contributed by atoms with E-state index in [-0.39, 0.29) is 5.82 Å². The normalized spacial score (nSPS) is 10.9. The van der Waals surface area contributed by atoms with Gasteiger partial charge in [-0.05, 0) is 6.42 Å². The van der Waals surface area contributed by atoms with Gasteiger partial charge in [-0.15, -0.1) is 0 Å². The highest BCUT2D eigenvalue weighted by Crippen LogP contribution is 2.16. The van der Waals surface area contributed by atoms with E-state index in [1.807, 2.05) is 18.9 Å². The molecule has 0 radical (unpaired) electrons. The molecule has 0 saturated heterocycles. The Balaban J connectivity index is 2.65. The Kier molecular flexibility index (Phi) is 5.28. The van der Waals surface area contributed by atoms with Gasteiger partial charge in [0.25, 0.3) is 0 Å². The van der Waals surface area contributed by atoms with Crippen LogP contribution in [0.5, 0.6) is 0 Å². The molecular weight excluding hydrogens is 219 g/mol. The van der Waals surface area contributed by atoms with E-state index in [2.05, 4.69) is 29.1 Å². The number of rotatable bonds is 6. The van der Waals surface area contributed by atoms with Crippen molar-refractivity contribution in [3.8, 4) is 0 Å². The molecule has 0 saturated carbocycles. The summed E-state index contributed by atoms with van der Waals surface area (Å²) in [5.41, 5.74) is 0.471. The summed E-state index contributed by atoms with van der Waals surface area (Å²) in [5.74, 6) is 0.0736. The van der Waals surface area contributed by atoms with E-state index >= 15 is 0 Å². The molecule has 17 heavy (non-hydrogen) atoms. The summed E-state index contributed by atoms with van der Waals surface area (Å²) in [6.45, 7) is 7.57. The van der Waals surface area contributed by atoms with E-state index in [0.717, 1.165) is 13.1 Å². The van der Waals surface area contributed by atoms with Gasteiger partial charge in [-0.3, -0.25) is 0 Å². The minimum Gasteiger partial charge on any atom is -0.356 e. The van der Waals surface area contributed by atoms with Gasteiger partial charge in [0, 0.05) is 26.2 Å². The van der Waals surface area contributed by atoms with Crippen molar-refractivity contribution in [3.63, 3.8) is 0 Å². The Bertz CT molecular complexity index is 354. The molecule has 0 atom stereocenters. The van der Waals surface area contributed by atoms with Crippen LogP contribution >= 0.6 is 0 Å². The molecular formula is C12H21FN4. The highest BCUT2D eigenvalue weighted by Gasteiger charge is 2.13. The molecule has 0 unspecified atom stereocenters. The molecule has 1 rings (SSSR count). The first-order valence-electron chi connectivity index (χ1n) is 6.00. The first-order valence-corrected chi connectivity index (χ1v) is 6.00. The van der Waals surface area contributed by atoms with Crippen LogP contribution in [0.2, 0.25) is 0 Å². The Morgan fingerprint density at radius 2 is 2.12 bits per heavy atom. The van der Waals surface area contributed by atoms with Crippen LogP contribution in [0.3, 0.4) is 0 Å². The number of hydrogen-bond donors (Lipinski definition) is 1. The summed E-state index contributed by atoms with van der Waals surface area (Å²) in [6, 6.07) is 0.435. The van der Waals surface area contributed by atoms with Crippen molar-refractivity contribution < 1.29 is 4.39 Å². The third-order valence-corrected chi connectivity index (χ3v) is 2.54. The van der Waals surface area contributed by atoms with Crippen LogP contribution in [0, 0.1) is 5.82 Å². The van der Waals surface area contributed by atoms with Crippen molar-refractivity contribution in [2.75, 3.05) is 25.0 Å². The van der Waals surface area contributed by atoms with Gasteiger partial charge in [-0.2, -0.15) is 0 Å². The molecule has 0 amide bonds. The molecule has 0 aliphatic heterocycles. The lowest BCUT2D eigenvalue weighted by atomic mass is 10.3. The molecule has 1 heterocycles. The van der Waals surface area contributed by atoms with E-state index in [1.54, 1.807) is 0 Å². The maximum absolute atomic E-state index is 13.9. The van der Waals surface area contributed by atoms with Gasteiger partial charge in [-0.25, -0.2) is 14.4 Å². The molecule has 0 aliphatic rings. The zero-order valence-corrected chi connectivity index (χ0v) is 11.0. The Morgan fingerprint density at radius 3 is 2.71 bits per heavy atom. The Morgan fingerprint density at radius 1 is 1.41 bits per heavy atom. The third kappa shape index (κ3) is 3.93. The molecule has 1 aromatic heterocycles. The summed E-state index contributed by atoms with van der Waals surface area (Å²) >= 11 is 0. The number of anilines is 1. The van der Waals surface area contributed by atoms with Crippen LogP contribution < -0.4 is 10.2 Å². The van der Waals surface area contributed by atoms with Gasteiger partial charge in [0.2, 0.25) is 0 Å². The minimum absolute atomic E-state index is 0.304. The first-order chi connectivity index (χ1) is 8.06. The monoisotopic (exact) mass is 240 g/mol. The summed E-state index contributed by atoms with van der Waals surface area (Å²) in [5, 5.41) is 3.29. The average molecular weight is 240 g/mol. The van der Waals surface area contributed by atoms with Crippen molar-refractivity contribution in [1.29, 1.82) is 0 Å². The fraction of sp³-hybridized carbons (Fsp3) is 0.667. The van der Waals surface area contributed by atoms with E-state index in [0.29, 0.717) is 24.0 Å². The maximum Gasteiger partial charge on any atom is 0.187 e. The van der Waals surface area contributed by atoms with Gasteiger partial charge in [-0.1, -0.05) is 20.8 Å². The molecule has 96 valence electrons. The first kappa shape index (κ1) is 13.8. The second-order valence-corrected chi connectivity index (χ2v) is 4.34. The van der Waals surface area contributed by atoms with Gasteiger partial charge in [0.05, 0.1) is 5.69 Å². The van der Waals surface area contributed by atoms with Crippen molar-refractivity contribution in [2.45, 2.75) is 33.2 Å². The number of likely N-dealkylation sites (N-methyl/N-ethyl adjacent to an activating group) is 1. The van der Waals surface area contributed by atoms with Crippen LogP contribution in [-0.2, 0) is 6.42 Å². The van der Waals surface area contributed by atoms with Gasteiger partial charge >= 0.3 is 0 Å². The summed E-state index contributed by atoms with van der Waals surface area (Å²) in [6.07, 6.45) is 2.00. The lowest BCUT2D eigenvalue weighted by molar-refractivity contribution is 0.569. The summed E-state index contributed by atoms with van der Waals surface area (Å²) in [4.78, 5) is 9.73. The SMILES string of the molecule is CCc1ncnc(N(C)CCNC(C)C)c1F. The molecule has 0 bridgehead atoms. The summed E-state index contributed by atoms with van der Waals surface area (Å²) in [7, 11) is 1.84. The van der Waals surface area contributed by atoms with Gasteiger partial charge in [0.1, 0.15) is 6.33 Å². The molecule has 0 aliphatic carbocycles.